The summed E-state index contributed by atoms with van der Waals surface area (Å²) in [7, 11) is 1.65. The van der Waals surface area contributed by atoms with Gasteiger partial charge in [-0.3, -0.25) is 4.79 Å². The Kier molecular flexibility index (Phi) is 3.10. The molecule has 0 unspecified atom stereocenters. The first-order chi connectivity index (χ1) is 7.72. The monoisotopic (exact) mass is 232 g/mol. The highest BCUT2D eigenvalue weighted by Crippen LogP contribution is 2.15. The van der Waals surface area contributed by atoms with Crippen molar-refractivity contribution < 1.29 is 0 Å². The van der Waals surface area contributed by atoms with Crippen molar-refractivity contribution in [2.24, 2.45) is 7.05 Å². The van der Waals surface area contributed by atoms with Gasteiger partial charge in [0.1, 0.15) is 0 Å². The Morgan fingerprint density at radius 2 is 2.00 bits per heavy atom. The molecule has 0 atom stereocenters. The van der Waals surface area contributed by atoms with Gasteiger partial charge in [-0.05, 0) is 6.07 Å². The molecular formula is C12H12N2OS. The van der Waals surface area contributed by atoms with E-state index in [1.807, 2.05) is 30.3 Å². The fraction of sp³-hybridized carbons (Fsp3) is 0.167. The maximum absolute atomic E-state index is 11.6. The zero-order chi connectivity index (χ0) is 11.5. The first kappa shape index (κ1) is 11.0. The summed E-state index contributed by atoms with van der Waals surface area (Å²) in [6.07, 6.45) is 0. The predicted octanol–water partition coefficient (Wildman–Crippen LogP) is 1.88. The second-order valence-corrected chi connectivity index (χ2v) is 3.82. The highest BCUT2D eigenvalue weighted by molar-refractivity contribution is 7.79. The van der Waals surface area contributed by atoms with Gasteiger partial charge in [0.05, 0.1) is 5.69 Å². The summed E-state index contributed by atoms with van der Waals surface area (Å²) in [6.45, 7) is 0. The molecule has 4 heteroatoms. The highest BCUT2D eigenvalue weighted by atomic mass is 32.1. The van der Waals surface area contributed by atoms with Crippen molar-refractivity contribution in [1.82, 2.24) is 9.78 Å². The summed E-state index contributed by atoms with van der Waals surface area (Å²) >= 11 is 4.15. The van der Waals surface area contributed by atoms with Crippen LogP contribution in [0.1, 0.15) is 5.56 Å². The quantitative estimate of drug-likeness (QED) is 0.802. The number of rotatable bonds is 2. The van der Waals surface area contributed by atoms with Gasteiger partial charge in [-0.15, -0.1) is 0 Å². The summed E-state index contributed by atoms with van der Waals surface area (Å²) in [5, 5.41) is 4.22. The smallest absolute Gasteiger partial charge is 0.267 e. The molecule has 0 saturated heterocycles. The fourth-order valence-electron chi connectivity index (χ4n) is 1.53. The van der Waals surface area contributed by atoms with Crippen LogP contribution in [0, 0.1) is 0 Å². The zero-order valence-electron chi connectivity index (χ0n) is 8.92. The summed E-state index contributed by atoms with van der Waals surface area (Å²) in [5.74, 6) is 0.426. The van der Waals surface area contributed by atoms with E-state index in [1.165, 1.54) is 4.68 Å². The van der Waals surface area contributed by atoms with Crippen LogP contribution in [0.4, 0.5) is 0 Å². The number of hydrogen-bond acceptors (Lipinski definition) is 3. The molecule has 0 bridgehead atoms. The molecule has 1 aromatic heterocycles. The molecule has 0 aliphatic rings. The minimum atomic E-state index is -0.0883. The summed E-state index contributed by atoms with van der Waals surface area (Å²) in [4.78, 5) is 11.6. The lowest BCUT2D eigenvalue weighted by molar-refractivity contribution is 0.704. The summed E-state index contributed by atoms with van der Waals surface area (Å²) in [6, 6.07) is 11.6. The van der Waals surface area contributed by atoms with Crippen LogP contribution in [0.2, 0.25) is 0 Å². The molecule has 0 saturated carbocycles. The normalized spacial score (nSPS) is 10.4. The maximum Gasteiger partial charge on any atom is 0.270 e. The molecule has 0 fully saturated rings. The minimum Gasteiger partial charge on any atom is -0.267 e. The van der Waals surface area contributed by atoms with Crippen LogP contribution in [-0.4, -0.2) is 9.78 Å². The molecule has 2 aromatic rings. The van der Waals surface area contributed by atoms with Crippen molar-refractivity contribution in [3.05, 3.63) is 52.3 Å². The lowest BCUT2D eigenvalue weighted by Gasteiger charge is -2.05. The van der Waals surface area contributed by atoms with Crippen LogP contribution in [-0.2, 0) is 12.8 Å². The first-order valence-electron chi connectivity index (χ1n) is 4.96. The van der Waals surface area contributed by atoms with E-state index in [0.717, 1.165) is 11.3 Å². The largest absolute Gasteiger partial charge is 0.270 e. The molecule has 0 N–H and O–H groups in total. The van der Waals surface area contributed by atoms with Crippen LogP contribution in [0.5, 0.6) is 0 Å². The van der Waals surface area contributed by atoms with Gasteiger partial charge < -0.3 is 0 Å². The Balaban J connectivity index is 2.60. The Bertz CT molecular complexity index is 549. The Labute approximate surface area is 99.2 Å². The number of hydrogen-bond donors (Lipinski definition) is 1. The number of nitrogens with zero attached hydrogens (tertiary/aromatic N) is 2. The lowest BCUT2D eigenvalue weighted by atomic mass is 10.1. The van der Waals surface area contributed by atoms with E-state index in [1.54, 1.807) is 13.1 Å². The Morgan fingerprint density at radius 3 is 2.62 bits per heavy atom. The topological polar surface area (TPSA) is 34.9 Å². The van der Waals surface area contributed by atoms with E-state index >= 15 is 0 Å². The van der Waals surface area contributed by atoms with Crippen LogP contribution >= 0.6 is 12.6 Å². The Morgan fingerprint density at radius 1 is 1.31 bits per heavy atom. The van der Waals surface area contributed by atoms with Gasteiger partial charge >= 0.3 is 0 Å². The van der Waals surface area contributed by atoms with E-state index in [-0.39, 0.29) is 5.56 Å². The van der Waals surface area contributed by atoms with Crippen molar-refractivity contribution in [3.63, 3.8) is 0 Å². The lowest BCUT2D eigenvalue weighted by Crippen LogP contribution is -2.23. The van der Waals surface area contributed by atoms with Crippen LogP contribution in [0.15, 0.2) is 41.2 Å². The summed E-state index contributed by atoms with van der Waals surface area (Å²) < 4.78 is 1.36. The SMILES string of the molecule is Cn1nc(-c2ccccc2)cc(CS)c1=O. The second kappa shape index (κ2) is 4.53. The van der Waals surface area contributed by atoms with Crippen molar-refractivity contribution in [1.29, 1.82) is 0 Å². The average molecular weight is 232 g/mol. The molecule has 1 heterocycles. The summed E-state index contributed by atoms with van der Waals surface area (Å²) in [5.41, 5.74) is 2.38. The van der Waals surface area contributed by atoms with Gasteiger partial charge in [0.25, 0.3) is 5.56 Å². The highest BCUT2D eigenvalue weighted by Gasteiger charge is 2.05. The molecule has 82 valence electrons. The molecule has 0 radical (unpaired) electrons. The molecule has 0 spiro atoms. The van der Waals surface area contributed by atoms with Crippen molar-refractivity contribution in [2.75, 3.05) is 0 Å². The molecular weight excluding hydrogens is 220 g/mol. The van der Waals surface area contributed by atoms with Gasteiger partial charge in [0, 0.05) is 23.9 Å². The van der Waals surface area contributed by atoms with Crippen molar-refractivity contribution in [3.8, 4) is 11.3 Å². The third kappa shape index (κ3) is 2.02. The molecule has 1 aromatic carbocycles. The van der Waals surface area contributed by atoms with Gasteiger partial charge in [0.2, 0.25) is 0 Å². The second-order valence-electron chi connectivity index (χ2n) is 3.51. The predicted molar refractivity (Wildman–Crippen MR) is 67.6 cm³/mol. The molecule has 0 amide bonds. The third-order valence-corrected chi connectivity index (χ3v) is 2.72. The number of aryl methyl sites for hydroxylation is 1. The van der Waals surface area contributed by atoms with Crippen molar-refractivity contribution >= 4 is 12.6 Å². The molecule has 0 aliphatic carbocycles. The van der Waals surface area contributed by atoms with Gasteiger partial charge in [-0.2, -0.15) is 17.7 Å². The molecule has 2 rings (SSSR count). The zero-order valence-corrected chi connectivity index (χ0v) is 9.82. The minimum absolute atomic E-state index is 0.0883. The number of aromatic nitrogens is 2. The molecule has 0 aliphatic heterocycles. The number of thiol groups is 1. The average Bonchev–Trinajstić information content (AvgIpc) is 2.33. The Hall–Kier alpha value is -1.55. The van der Waals surface area contributed by atoms with Gasteiger partial charge in [-0.25, -0.2) is 4.68 Å². The number of benzene rings is 1. The van der Waals surface area contributed by atoms with E-state index < -0.39 is 0 Å². The maximum atomic E-state index is 11.6. The van der Waals surface area contributed by atoms with Crippen molar-refractivity contribution in [2.45, 2.75) is 5.75 Å². The molecule has 3 nitrogen and oxygen atoms in total. The van der Waals surface area contributed by atoms with E-state index in [2.05, 4.69) is 17.7 Å². The van der Waals surface area contributed by atoms with Gasteiger partial charge in [0.15, 0.2) is 0 Å². The van der Waals surface area contributed by atoms with Gasteiger partial charge in [-0.1, -0.05) is 30.3 Å². The third-order valence-electron chi connectivity index (χ3n) is 2.38. The first-order valence-corrected chi connectivity index (χ1v) is 5.59. The van der Waals surface area contributed by atoms with E-state index in [9.17, 15) is 4.79 Å². The van der Waals surface area contributed by atoms with Crippen LogP contribution < -0.4 is 5.56 Å². The fourth-order valence-corrected chi connectivity index (χ4v) is 1.76. The van der Waals surface area contributed by atoms with Crippen LogP contribution in [0.25, 0.3) is 11.3 Å². The standard InChI is InChI=1S/C12H12N2OS/c1-14-12(15)10(8-16)7-11(13-14)9-5-3-2-4-6-9/h2-7,16H,8H2,1H3. The van der Waals surface area contributed by atoms with E-state index in [0.29, 0.717) is 11.3 Å². The van der Waals surface area contributed by atoms with Crippen LogP contribution in [0.3, 0.4) is 0 Å². The van der Waals surface area contributed by atoms with E-state index in [4.69, 9.17) is 0 Å². The molecule has 16 heavy (non-hydrogen) atoms.